The van der Waals surface area contributed by atoms with E-state index in [1.54, 1.807) is 39.8 Å². The van der Waals surface area contributed by atoms with Crippen molar-refractivity contribution in [2.75, 3.05) is 33.2 Å². The van der Waals surface area contributed by atoms with Crippen LogP contribution < -0.4 is 19.5 Å². The van der Waals surface area contributed by atoms with Crippen LogP contribution in [0.4, 0.5) is 5.95 Å². The molecule has 2 aromatic rings. The lowest BCUT2D eigenvalue weighted by Gasteiger charge is -2.15. The molecule has 6 nitrogen and oxygen atoms in total. The van der Waals surface area contributed by atoms with Gasteiger partial charge in [-0.2, -0.15) is 0 Å². The fraction of sp³-hybridized carbons (Fsp3) is 0.333. The highest BCUT2D eigenvalue weighted by Gasteiger charge is 2.15. The second-order valence-electron chi connectivity index (χ2n) is 4.24. The highest BCUT2D eigenvalue weighted by Crippen LogP contribution is 2.39. The molecule has 0 spiro atoms. The molecule has 6 heteroatoms. The van der Waals surface area contributed by atoms with Crippen LogP contribution in [0.15, 0.2) is 30.6 Å². The van der Waals surface area contributed by atoms with E-state index in [0.717, 1.165) is 12.0 Å². The molecule has 0 aliphatic rings. The summed E-state index contributed by atoms with van der Waals surface area (Å²) in [5, 5.41) is 3.16. The van der Waals surface area contributed by atoms with Crippen LogP contribution in [0.2, 0.25) is 0 Å². The molecule has 0 unspecified atom stereocenters. The van der Waals surface area contributed by atoms with Gasteiger partial charge in [0.2, 0.25) is 11.7 Å². The van der Waals surface area contributed by atoms with E-state index >= 15 is 0 Å². The molecule has 0 aliphatic carbocycles. The predicted octanol–water partition coefficient (Wildman–Crippen LogP) is 2.16. The van der Waals surface area contributed by atoms with Crippen LogP contribution in [0.1, 0.15) is 5.56 Å². The van der Waals surface area contributed by atoms with E-state index in [4.69, 9.17) is 14.2 Å². The van der Waals surface area contributed by atoms with Crippen molar-refractivity contribution in [1.29, 1.82) is 0 Å². The topological polar surface area (TPSA) is 65.5 Å². The smallest absolute Gasteiger partial charge is 0.222 e. The van der Waals surface area contributed by atoms with Gasteiger partial charge >= 0.3 is 0 Å². The summed E-state index contributed by atoms with van der Waals surface area (Å²) in [5.74, 6) is 2.55. The number of anilines is 1. The molecular formula is C15H19N3O3. The Hall–Kier alpha value is -2.50. The zero-order valence-electron chi connectivity index (χ0n) is 12.4. The van der Waals surface area contributed by atoms with Crippen molar-refractivity contribution in [3.8, 4) is 17.2 Å². The van der Waals surface area contributed by atoms with Crippen LogP contribution in [0.25, 0.3) is 0 Å². The Kier molecular flexibility index (Phi) is 5.20. The Morgan fingerprint density at radius 2 is 1.67 bits per heavy atom. The number of aromatic nitrogens is 2. The van der Waals surface area contributed by atoms with Gasteiger partial charge < -0.3 is 19.5 Å². The zero-order valence-corrected chi connectivity index (χ0v) is 12.4. The Balaban J connectivity index is 2.09. The molecular weight excluding hydrogens is 270 g/mol. The molecule has 0 amide bonds. The third-order valence-electron chi connectivity index (χ3n) is 3.03. The number of benzene rings is 1. The summed E-state index contributed by atoms with van der Waals surface area (Å²) in [5.41, 5.74) is 1.03. The molecule has 1 aromatic heterocycles. The summed E-state index contributed by atoms with van der Waals surface area (Å²) in [6, 6.07) is 5.62. The lowest BCUT2D eigenvalue weighted by Crippen LogP contribution is -2.09. The van der Waals surface area contributed by atoms with Gasteiger partial charge in [0.05, 0.1) is 21.3 Å². The molecule has 0 saturated heterocycles. The van der Waals surface area contributed by atoms with Gasteiger partial charge in [-0.3, -0.25) is 0 Å². The summed E-state index contributed by atoms with van der Waals surface area (Å²) in [7, 11) is 4.82. The zero-order chi connectivity index (χ0) is 15.1. The summed E-state index contributed by atoms with van der Waals surface area (Å²) in [4.78, 5) is 8.23. The normalized spacial score (nSPS) is 10.0. The average molecular weight is 289 g/mol. The van der Waals surface area contributed by atoms with Crippen molar-refractivity contribution in [3.63, 3.8) is 0 Å². The predicted molar refractivity (Wildman–Crippen MR) is 80.3 cm³/mol. The third kappa shape index (κ3) is 3.53. The minimum absolute atomic E-state index is 0.605. The number of hydrogen-bond acceptors (Lipinski definition) is 6. The third-order valence-corrected chi connectivity index (χ3v) is 3.03. The molecule has 2 rings (SSSR count). The standard InChI is InChI=1S/C15H19N3O3/c1-19-12-6-5-11(13(20-2)14(12)21-3)7-10-18-15-16-8-4-9-17-15/h4-6,8-9H,7,10H2,1-3H3,(H,16,17,18). The highest BCUT2D eigenvalue weighted by molar-refractivity contribution is 5.56. The SMILES string of the molecule is COc1ccc(CCNc2ncccn2)c(OC)c1OC. The molecule has 112 valence electrons. The van der Waals surface area contributed by atoms with Crippen LogP contribution >= 0.6 is 0 Å². The summed E-state index contributed by atoms with van der Waals surface area (Å²) < 4.78 is 16.1. The fourth-order valence-corrected chi connectivity index (χ4v) is 2.06. The first-order valence-electron chi connectivity index (χ1n) is 6.59. The quantitative estimate of drug-likeness (QED) is 0.842. The first kappa shape index (κ1) is 14.9. The summed E-state index contributed by atoms with van der Waals surface area (Å²) in [6.07, 6.45) is 4.15. The van der Waals surface area contributed by atoms with Crippen molar-refractivity contribution in [3.05, 3.63) is 36.2 Å². The largest absolute Gasteiger partial charge is 0.493 e. The minimum atomic E-state index is 0.605. The number of nitrogens with one attached hydrogen (secondary N) is 1. The molecule has 0 fully saturated rings. The van der Waals surface area contributed by atoms with Gasteiger partial charge in [-0.25, -0.2) is 9.97 Å². The van der Waals surface area contributed by atoms with E-state index in [9.17, 15) is 0 Å². The van der Waals surface area contributed by atoms with Gasteiger partial charge in [-0.15, -0.1) is 0 Å². The maximum atomic E-state index is 5.45. The van der Waals surface area contributed by atoms with E-state index in [0.29, 0.717) is 29.7 Å². The molecule has 0 atom stereocenters. The Morgan fingerprint density at radius 3 is 2.29 bits per heavy atom. The second-order valence-corrected chi connectivity index (χ2v) is 4.24. The van der Waals surface area contributed by atoms with Gasteiger partial charge in [0.1, 0.15) is 0 Å². The molecule has 0 bridgehead atoms. The highest BCUT2D eigenvalue weighted by atomic mass is 16.5. The molecule has 0 saturated carbocycles. The fourth-order valence-electron chi connectivity index (χ4n) is 2.06. The first-order chi connectivity index (χ1) is 10.3. The van der Waals surface area contributed by atoms with Crippen LogP contribution in [0.3, 0.4) is 0 Å². The second kappa shape index (κ2) is 7.33. The van der Waals surface area contributed by atoms with Gasteiger partial charge in [0.15, 0.2) is 11.5 Å². The Morgan fingerprint density at radius 1 is 0.952 bits per heavy atom. The van der Waals surface area contributed by atoms with E-state index in [1.807, 2.05) is 12.1 Å². The molecule has 1 N–H and O–H groups in total. The number of nitrogens with zero attached hydrogens (tertiary/aromatic N) is 2. The van der Waals surface area contributed by atoms with Gasteiger partial charge in [0, 0.05) is 24.5 Å². The molecule has 21 heavy (non-hydrogen) atoms. The monoisotopic (exact) mass is 289 g/mol. The lowest BCUT2D eigenvalue weighted by molar-refractivity contribution is 0.322. The van der Waals surface area contributed by atoms with Gasteiger partial charge in [0.25, 0.3) is 0 Å². The van der Waals surface area contributed by atoms with E-state index in [-0.39, 0.29) is 0 Å². The number of methoxy groups -OCH3 is 3. The van der Waals surface area contributed by atoms with Gasteiger partial charge in [-0.05, 0) is 18.6 Å². The molecule has 0 radical (unpaired) electrons. The van der Waals surface area contributed by atoms with Crippen molar-refractivity contribution in [2.24, 2.45) is 0 Å². The first-order valence-corrected chi connectivity index (χ1v) is 6.59. The van der Waals surface area contributed by atoms with Crippen molar-refractivity contribution in [1.82, 2.24) is 9.97 Å². The minimum Gasteiger partial charge on any atom is -0.493 e. The van der Waals surface area contributed by atoms with Crippen molar-refractivity contribution in [2.45, 2.75) is 6.42 Å². The van der Waals surface area contributed by atoms with Gasteiger partial charge in [-0.1, -0.05) is 6.07 Å². The van der Waals surface area contributed by atoms with E-state index in [2.05, 4.69) is 15.3 Å². The van der Waals surface area contributed by atoms with Crippen LogP contribution in [0.5, 0.6) is 17.2 Å². The molecule has 0 aliphatic heterocycles. The Labute approximate surface area is 124 Å². The average Bonchev–Trinajstić information content (AvgIpc) is 2.55. The van der Waals surface area contributed by atoms with Crippen LogP contribution in [0, 0.1) is 0 Å². The summed E-state index contributed by atoms with van der Waals surface area (Å²) >= 11 is 0. The summed E-state index contributed by atoms with van der Waals surface area (Å²) in [6.45, 7) is 0.690. The number of ether oxygens (including phenoxy) is 3. The van der Waals surface area contributed by atoms with E-state index in [1.165, 1.54) is 0 Å². The van der Waals surface area contributed by atoms with E-state index < -0.39 is 0 Å². The lowest BCUT2D eigenvalue weighted by atomic mass is 10.1. The van der Waals surface area contributed by atoms with Crippen LogP contribution in [-0.4, -0.2) is 37.8 Å². The maximum absolute atomic E-state index is 5.45. The van der Waals surface area contributed by atoms with Crippen molar-refractivity contribution >= 4 is 5.95 Å². The van der Waals surface area contributed by atoms with Crippen LogP contribution in [-0.2, 0) is 6.42 Å². The van der Waals surface area contributed by atoms with Crippen molar-refractivity contribution < 1.29 is 14.2 Å². The Bertz CT molecular complexity index is 576. The number of hydrogen-bond donors (Lipinski definition) is 1. The molecule has 1 aromatic carbocycles. The number of rotatable bonds is 7. The molecule has 1 heterocycles. The maximum Gasteiger partial charge on any atom is 0.222 e.